The SMILES string of the molecule is CS(=O)(=O)N1CCCC(NC(=O)c2c(F)cc(C#N)cc2F)C1. The number of nitriles is 1. The van der Waals surface area contributed by atoms with Crippen LogP contribution in [0.3, 0.4) is 0 Å². The molecule has 1 N–H and O–H groups in total. The van der Waals surface area contributed by atoms with Crippen LogP contribution in [0.4, 0.5) is 8.78 Å². The van der Waals surface area contributed by atoms with Gasteiger partial charge in [-0.25, -0.2) is 21.5 Å². The van der Waals surface area contributed by atoms with Gasteiger partial charge in [0.25, 0.3) is 5.91 Å². The smallest absolute Gasteiger partial charge is 0.257 e. The molecule has 2 rings (SSSR count). The molecule has 0 spiro atoms. The summed E-state index contributed by atoms with van der Waals surface area (Å²) in [7, 11) is -3.39. The van der Waals surface area contributed by atoms with E-state index in [1.807, 2.05) is 0 Å². The Hall–Kier alpha value is -2.05. The number of nitrogens with zero attached hydrogens (tertiary/aromatic N) is 2. The fourth-order valence-corrected chi connectivity index (χ4v) is 3.39. The number of halogens is 2. The van der Waals surface area contributed by atoms with Crippen molar-refractivity contribution < 1.29 is 22.0 Å². The molecule has 1 fully saturated rings. The van der Waals surface area contributed by atoms with E-state index >= 15 is 0 Å². The van der Waals surface area contributed by atoms with Crippen LogP contribution in [0.1, 0.15) is 28.8 Å². The Morgan fingerprint density at radius 3 is 2.52 bits per heavy atom. The lowest BCUT2D eigenvalue weighted by atomic mass is 10.1. The molecule has 1 saturated heterocycles. The van der Waals surface area contributed by atoms with Gasteiger partial charge in [-0.15, -0.1) is 0 Å². The van der Waals surface area contributed by atoms with E-state index in [4.69, 9.17) is 5.26 Å². The van der Waals surface area contributed by atoms with Crippen molar-refractivity contribution in [3.05, 3.63) is 34.9 Å². The molecule has 1 atom stereocenters. The lowest BCUT2D eigenvalue weighted by molar-refractivity contribution is 0.0913. The zero-order valence-corrected chi connectivity index (χ0v) is 13.2. The van der Waals surface area contributed by atoms with Crippen LogP contribution < -0.4 is 5.32 Å². The molecule has 0 saturated carbocycles. The molecular formula is C14H15F2N3O3S. The Balaban J connectivity index is 2.15. The number of carbonyl (C=O) groups excluding carboxylic acids is 1. The second-order valence-corrected chi connectivity index (χ2v) is 7.34. The van der Waals surface area contributed by atoms with Gasteiger partial charge in [-0.05, 0) is 25.0 Å². The third kappa shape index (κ3) is 4.03. The van der Waals surface area contributed by atoms with Crippen molar-refractivity contribution in [3.8, 4) is 6.07 Å². The summed E-state index contributed by atoms with van der Waals surface area (Å²) in [5, 5.41) is 11.1. The maximum Gasteiger partial charge on any atom is 0.257 e. The Bertz CT molecular complexity index is 751. The van der Waals surface area contributed by atoms with Crippen LogP contribution in [0, 0.1) is 23.0 Å². The van der Waals surface area contributed by atoms with Gasteiger partial charge < -0.3 is 5.32 Å². The second-order valence-electron chi connectivity index (χ2n) is 5.36. The Kier molecular flexibility index (Phi) is 4.97. The number of sulfonamides is 1. The average Bonchev–Trinajstić information content (AvgIpc) is 2.45. The zero-order valence-electron chi connectivity index (χ0n) is 12.3. The fourth-order valence-electron chi connectivity index (χ4n) is 2.47. The number of piperidine rings is 1. The van der Waals surface area contributed by atoms with Crippen molar-refractivity contribution in [2.75, 3.05) is 19.3 Å². The summed E-state index contributed by atoms with van der Waals surface area (Å²) in [6.07, 6.45) is 2.12. The van der Waals surface area contributed by atoms with Gasteiger partial charge in [0, 0.05) is 19.1 Å². The Morgan fingerprint density at radius 2 is 2.00 bits per heavy atom. The Labute approximate surface area is 132 Å². The van der Waals surface area contributed by atoms with Gasteiger partial charge in [0.1, 0.15) is 17.2 Å². The number of hydrogen-bond donors (Lipinski definition) is 1. The number of benzene rings is 1. The molecule has 6 nitrogen and oxygen atoms in total. The van der Waals surface area contributed by atoms with Crippen molar-refractivity contribution in [1.29, 1.82) is 5.26 Å². The summed E-state index contributed by atoms with van der Waals surface area (Å²) < 4.78 is 51.9. The molecule has 0 bridgehead atoms. The Morgan fingerprint density at radius 1 is 1.39 bits per heavy atom. The second kappa shape index (κ2) is 6.60. The summed E-state index contributed by atoms with van der Waals surface area (Å²) in [5.41, 5.74) is -1.00. The van der Waals surface area contributed by atoms with Crippen LogP contribution in [0.5, 0.6) is 0 Å². The molecule has 0 radical (unpaired) electrons. The molecule has 0 aromatic heterocycles. The first-order chi connectivity index (χ1) is 10.7. The molecule has 1 aromatic rings. The zero-order chi connectivity index (χ0) is 17.2. The minimum atomic E-state index is -3.39. The van der Waals surface area contributed by atoms with Crippen molar-refractivity contribution in [1.82, 2.24) is 9.62 Å². The van der Waals surface area contributed by atoms with E-state index in [9.17, 15) is 22.0 Å². The van der Waals surface area contributed by atoms with E-state index in [-0.39, 0.29) is 12.1 Å². The number of hydrogen-bond acceptors (Lipinski definition) is 4. The minimum Gasteiger partial charge on any atom is -0.348 e. The highest BCUT2D eigenvalue weighted by molar-refractivity contribution is 7.88. The number of rotatable bonds is 3. The highest BCUT2D eigenvalue weighted by Crippen LogP contribution is 2.17. The van der Waals surface area contributed by atoms with Gasteiger partial charge >= 0.3 is 0 Å². The van der Waals surface area contributed by atoms with Crippen LogP contribution in [0.2, 0.25) is 0 Å². The highest BCUT2D eigenvalue weighted by atomic mass is 32.2. The van der Waals surface area contributed by atoms with Crippen LogP contribution in [-0.2, 0) is 10.0 Å². The molecule has 1 aliphatic rings. The van der Waals surface area contributed by atoms with Gasteiger partial charge in [-0.1, -0.05) is 0 Å². The fraction of sp³-hybridized carbons (Fsp3) is 0.429. The summed E-state index contributed by atoms with van der Waals surface area (Å²) in [4.78, 5) is 12.1. The molecule has 0 aliphatic carbocycles. The predicted molar refractivity (Wildman–Crippen MR) is 78.0 cm³/mol. The summed E-state index contributed by atoms with van der Waals surface area (Å²) >= 11 is 0. The van der Waals surface area contributed by atoms with Crippen LogP contribution >= 0.6 is 0 Å². The van der Waals surface area contributed by atoms with E-state index in [0.29, 0.717) is 19.4 Å². The maximum atomic E-state index is 13.8. The first-order valence-corrected chi connectivity index (χ1v) is 8.72. The standard InChI is InChI=1S/C14H15F2N3O3S/c1-23(21,22)19-4-2-3-10(8-19)18-14(20)13-11(15)5-9(7-17)6-12(13)16/h5-6,10H,2-4,8H2,1H3,(H,18,20). The third-order valence-electron chi connectivity index (χ3n) is 3.59. The van der Waals surface area contributed by atoms with E-state index in [2.05, 4.69) is 5.32 Å². The number of carbonyl (C=O) groups is 1. The van der Waals surface area contributed by atoms with Crippen LogP contribution in [-0.4, -0.2) is 44.0 Å². The third-order valence-corrected chi connectivity index (χ3v) is 4.86. The predicted octanol–water partition coefficient (Wildman–Crippen LogP) is 0.990. The maximum absolute atomic E-state index is 13.8. The van der Waals surface area contributed by atoms with E-state index in [1.165, 1.54) is 4.31 Å². The molecule has 9 heteroatoms. The summed E-state index contributed by atoms with van der Waals surface area (Å²) in [5.74, 6) is -3.23. The van der Waals surface area contributed by atoms with Gasteiger partial charge in [0.05, 0.1) is 17.9 Å². The first kappa shape index (κ1) is 17.3. The van der Waals surface area contributed by atoms with E-state index < -0.39 is 39.2 Å². The quantitative estimate of drug-likeness (QED) is 0.886. The van der Waals surface area contributed by atoms with Crippen molar-refractivity contribution >= 4 is 15.9 Å². The molecule has 1 aliphatic heterocycles. The van der Waals surface area contributed by atoms with E-state index in [0.717, 1.165) is 18.4 Å². The number of nitrogens with one attached hydrogen (secondary N) is 1. The summed E-state index contributed by atoms with van der Waals surface area (Å²) in [6.45, 7) is 0.412. The molecule has 124 valence electrons. The monoisotopic (exact) mass is 343 g/mol. The normalized spacial score (nSPS) is 19.1. The summed E-state index contributed by atoms with van der Waals surface area (Å²) in [6, 6.07) is 2.62. The largest absolute Gasteiger partial charge is 0.348 e. The number of amides is 1. The van der Waals surface area contributed by atoms with Gasteiger partial charge in [-0.3, -0.25) is 4.79 Å². The van der Waals surface area contributed by atoms with Gasteiger partial charge in [0.15, 0.2) is 0 Å². The van der Waals surface area contributed by atoms with Crippen LogP contribution in [0.15, 0.2) is 12.1 Å². The minimum absolute atomic E-state index is 0.0596. The van der Waals surface area contributed by atoms with Gasteiger partial charge in [-0.2, -0.15) is 5.26 Å². The van der Waals surface area contributed by atoms with Crippen LogP contribution in [0.25, 0.3) is 0 Å². The first-order valence-electron chi connectivity index (χ1n) is 6.87. The molecule has 1 amide bonds. The molecule has 1 unspecified atom stereocenters. The van der Waals surface area contributed by atoms with Gasteiger partial charge in [0.2, 0.25) is 10.0 Å². The van der Waals surface area contributed by atoms with E-state index in [1.54, 1.807) is 6.07 Å². The van der Waals surface area contributed by atoms with Crippen molar-refractivity contribution in [2.45, 2.75) is 18.9 Å². The lowest BCUT2D eigenvalue weighted by Crippen LogP contribution is -2.49. The topological polar surface area (TPSA) is 90.3 Å². The van der Waals surface area contributed by atoms with Crippen molar-refractivity contribution in [2.24, 2.45) is 0 Å². The average molecular weight is 343 g/mol. The molecule has 1 heterocycles. The molecule has 1 aromatic carbocycles. The highest BCUT2D eigenvalue weighted by Gasteiger charge is 2.28. The van der Waals surface area contributed by atoms with Crippen molar-refractivity contribution in [3.63, 3.8) is 0 Å². The molecule has 23 heavy (non-hydrogen) atoms. The molecular weight excluding hydrogens is 328 g/mol. The lowest BCUT2D eigenvalue weighted by Gasteiger charge is -2.31.